The zero-order valence-electron chi connectivity index (χ0n) is 13.9. The number of nitrogens with one attached hydrogen (secondary N) is 1. The molecule has 0 aliphatic carbocycles. The lowest BCUT2D eigenvalue weighted by Gasteiger charge is -2.30. The Labute approximate surface area is 150 Å². The van der Waals surface area contributed by atoms with Crippen molar-refractivity contribution in [1.82, 2.24) is 9.97 Å². The lowest BCUT2D eigenvalue weighted by atomic mass is 10.00. The average molecular weight is 389 g/mol. The highest BCUT2D eigenvalue weighted by Crippen LogP contribution is 2.22. The van der Waals surface area contributed by atoms with Gasteiger partial charge in [0.25, 0.3) is 5.91 Å². The first kappa shape index (κ1) is 16.9. The Hall–Kier alpha value is -1.95. The number of rotatable bonds is 3. The molecule has 1 aliphatic heterocycles. The summed E-state index contributed by atoms with van der Waals surface area (Å²) in [5.41, 5.74) is 2.25. The van der Waals surface area contributed by atoms with E-state index in [0.717, 1.165) is 47.6 Å². The second-order valence-corrected chi connectivity index (χ2v) is 7.18. The Kier molecular flexibility index (Phi) is 5.14. The number of anilines is 2. The van der Waals surface area contributed by atoms with Crippen LogP contribution in [0.4, 0.5) is 11.6 Å². The summed E-state index contributed by atoms with van der Waals surface area (Å²) < 4.78 is 0.964. The molecule has 3 rings (SSSR count). The molecule has 1 saturated heterocycles. The number of halogens is 1. The van der Waals surface area contributed by atoms with Crippen LogP contribution in [0.3, 0.4) is 0 Å². The zero-order valence-corrected chi connectivity index (χ0v) is 15.5. The van der Waals surface area contributed by atoms with E-state index < -0.39 is 0 Å². The number of amides is 1. The van der Waals surface area contributed by atoms with E-state index in [0.29, 0.717) is 11.6 Å². The van der Waals surface area contributed by atoms with Gasteiger partial charge in [0.1, 0.15) is 5.69 Å². The maximum absolute atomic E-state index is 12.5. The summed E-state index contributed by atoms with van der Waals surface area (Å²) in [5.74, 6) is 1.16. The van der Waals surface area contributed by atoms with Gasteiger partial charge in [-0.3, -0.25) is 4.79 Å². The van der Waals surface area contributed by atoms with Crippen LogP contribution >= 0.6 is 15.9 Å². The summed E-state index contributed by atoms with van der Waals surface area (Å²) in [7, 11) is 0. The van der Waals surface area contributed by atoms with Gasteiger partial charge in [-0.1, -0.05) is 28.9 Å². The largest absolute Gasteiger partial charge is 0.341 e. The minimum atomic E-state index is -0.222. The summed E-state index contributed by atoms with van der Waals surface area (Å²) in [4.78, 5) is 23.4. The minimum Gasteiger partial charge on any atom is -0.341 e. The Balaban J connectivity index is 1.73. The van der Waals surface area contributed by atoms with Crippen LogP contribution in [0.2, 0.25) is 0 Å². The third kappa shape index (κ3) is 3.93. The van der Waals surface area contributed by atoms with Gasteiger partial charge in [-0.25, -0.2) is 9.97 Å². The molecule has 126 valence electrons. The van der Waals surface area contributed by atoms with Crippen molar-refractivity contribution in [2.24, 2.45) is 5.92 Å². The molecule has 1 amide bonds. The van der Waals surface area contributed by atoms with Gasteiger partial charge in [-0.15, -0.1) is 0 Å². The fourth-order valence-corrected chi connectivity index (χ4v) is 3.08. The molecule has 24 heavy (non-hydrogen) atoms. The van der Waals surface area contributed by atoms with E-state index in [2.05, 4.69) is 43.0 Å². The molecule has 0 spiro atoms. The SMILES string of the molecule is Cc1ccc(NC(=O)c2ccnc(N3CCC(C)CC3)n2)cc1Br. The summed E-state index contributed by atoms with van der Waals surface area (Å²) in [6.45, 7) is 6.15. The molecule has 1 N–H and O–H groups in total. The Morgan fingerprint density at radius 2 is 2.04 bits per heavy atom. The molecule has 0 atom stereocenters. The third-order valence-corrected chi connectivity index (χ3v) is 5.23. The second kappa shape index (κ2) is 7.30. The fraction of sp³-hybridized carbons (Fsp3) is 0.389. The average Bonchev–Trinajstić information content (AvgIpc) is 2.59. The summed E-state index contributed by atoms with van der Waals surface area (Å²) in [6.07, 6.45) is 3.93. The third-order valence-electron chi connectivity index (χ3n) is 4.37. The van der Waals surface area contributed by atoms with E-state index in [1.807, 2.05) is 25.1 Å². The molecule has 5 nitrogen and oxygen atoms in total. The first-order valence-electron chi connectivity index (χ1n) is 8.18. The van der Waals surface area contributed by atoms with Crippen molar-refractivity contribution in [2.75, 3.05) is 23.3 Å². The van der Waals surface area contributed by atoms with Crippen LogP contribution in [-0.2, 0) is 0 Å². The fourth-order valence-electron chi connectivity index (χ4n) is 2.70. The van der Waals surface area contributed by atoms with Crippen molar-refractivity contribution in [3.63, 3.8) is 0 Å². The highest BCUT2D eigenvalue weighted by molar-refractivity contribution is 9.10. The monoisotopic (exact) mass is 388 g/mol. The molecule has 0 saturated carbocycles. The van der Waals surface area contributed by atoms with Gasteiger partial charge >= 0.3 is 0 Å². The van der Waals surface area contributed by atoms with E-state index in [-0.39, 0.29) is 5.91 Å². The molecular formula is C18H21BrN4O. The van der Waals surface area contributed by atoms with Crippen LogP contribution in [0.5, 0.6) is 0 Å². The van der Waals surface area contributed by atoms with Crippen LogP contribution in [-0.4, -0.2) is 29.0 Å². The van der Waals surface area contributed by atoms with Gasteiger partial charge in [0, 0.05) is 29.4 Å². The maximum atomic E-state index is 12.5. The topological polar surface area (TPSA) is 58.1 Å². The van der Waals surface area contributed by atoms with Crippen LogP contribution in [0, 0.1) is 12.8 Å². The number of hydrogen-bond acceptors (Lipinski definition) is 4. The van der Waals surface area contributed by atoms with E-state index >= 15 is 0 Å². The molecule has 0 bridgehead atoms. The Bertz CT molecular complexity index is 742. The minimum absolute atomic E-state index is 0.222. The van der Waals surface area contributed by atoms with Gasteiger partial charge < -0.3 is 10.2 Å². The molecule has 1 aliphatic rings. The molecule has 1 aromatic heterocycles. The number of aryl methyl sites for hydroxylation is 1. The first-order chi connectivity index (χ1) is 11.5. The molecule has 1 fully saturated rings. The van der Waals surface area contributed by atoms with Gasteiger partial charge in [0.05, 0.1) is 0 Å². The number of hydrogen-bond donors (Lipinski definition) is 1. The van der Waals surface area contributed by atoms with Crippen LogP contribution in [0.25, 0.3) is 0 Å². The Morgan fingerprint density at radius 3 is 2.75 bits per heavy atom. The normalized spacial score (nSPS) is 15.4. The highest BCUT2D eigenvalue weighted by Gasteiger charge is 2.19. The quantitative estimate of drug-likeness (QED) is 0.861. The van der Waals surface area contributed by atoms with E-state index in [1.165, 1.54) is 0 Å². The van der Waals surface area contributed by atoms with Crippen molar-refractivity contribution in [3.05, 3.63) is 46.2 Å². The zero-order chi connectivity index (χ0) is 17.1. The van der Waals surface area contributed by atoms with Gasteiger partial charge in [-0.2, -0.15) is 0 Å². The predicted molar refractivity (Wildman–Crippen MR) is 99.5 cm³/mol. The van der Waals surface area contributed by atoms with E-state index in [1.54, 1.807) is 12.3 Å². The number of carbonyl (C=O) groups is 1. The Morgan fingerprint density at radius 1 is 1.29 bits per heavy atom. The van der Waals surface area contributed by atoms with Crippen molar-refractivity contribution in [2.45, 2.75) is 26.7 Å². The first-order valence-corrected chi connectivity index (χ1v) is 8.98. The molecular weight excluding hydrogens is 368 g/mol. The van der Waals surface area contributed by atoms with Gasteiger partial charge in [0.2, 0.25) is 5.95 Å². The molecule has 0 radical (unpaired) electrons. The summed E-state index contributed by atoms with van der Waals surface area (Å²) >= 11 is 3.48. The van der Waals surface area contributed by atoms with Crippen molar-refractivity contribution in [3.8, 4) is 0 Å². The van der Waals surface area contributed by atoms with Crippen LogP contribution < -0.4 is 10.2 Å². The van der Waals surface area contributed by atoms with Crippen LogP contribution in [0.15, 0.2) is 34.9 Å². The maximum Gasteiger partial charge on any atom is 0.274 e. The highest BCUT2D eigenvalue weighted by atomic mass is 79.9. The second-order valence-electron chi connectivity index (χ2n) is 6.33. The summed E-state index contributed by atoms with van der Waals surface area (Å²) in [5, 5.41) is 2.89. The van der Waals surface area contributed by atoms with E-state index in [9.17, 15) is 4.79 Å². The van der Waals surface area contributed by atoms with E-state index in [4.69, 9.17) is 0 Å². The van der Waals surface area contributed by atoms with Crippen molar-refractivity contribution < 1.29 is 4.79 Å². The number of benzene rings is 1. The lowest BCUT2D eigenvalue weighted by Crippen LogP contribution is -2.34. The molecule has 2 aromatic rings. The molecule has 1 aromatic carbocycles. The molecule has 6 heteroatoms. The lowest BCUT2D eigenvalue weighted by molar-refractivity contribution is 0.102. The predicted octanol–water partition coefficient (Wildman–Crippen LogP) is 4.04. The standard InChI is InChI=1S/C18H21BrN4O/c1-12-6-9-23(10-7-12)18-20-8-5-16(22-18)17(24)21-14-4-3-13(2)15(19)11-14/h3-5,8,11-12H,6-7,9-10H2,1-2H3,(H,21,24). The number of carbonyl (C=O) groups excluding carboxylic acids is 1. The number of aromatic nitrogens is 2. The number of piperidine rings is 1. The van der Waals surface area contributed by atoms with Crippen molar-refractivity contribution in [1.29, 1.82) is 0 Å². The molecule has 2 heterocycles. The smallest absolute Gasteiger partial charge is 0.274 e. The van der Waals surface area contributed by atoms with Gasteiger partial charge in [0.15, 0.2) is 0 Å². The number of nitrogens with zero attached hydrogens (tertiary/aromatic N) is 3. The van der Waals surface area contributed by atoms with Crippen LogP contribution in [0.1, 0.15) is 35.8 Å². The van der Waals surface area contributed by atoms with Crippen molar-refractivity contribution >= 4 is 33.5 Å². The molecule has 0 unspecified atom stereocenters. The summed E-state index contributed by atoms with van der Waals surface area (Å²) in [6, 6.07) is 7.38. The van der Waals surface area contributed by atoms with Gasteiger partial charge in [-0.05, 0) is 49.4 Å².